The van der Waals surface area contributed by atoms with E-state index in [9.17, 15) is 24.3 Å². The van der Waals surface area contributed by atoms with Crippen molar-refractivity contribution in [2.24, 2.45) is 29.1 Å². The van der Waals surface area contributed by atoms with Crippen LogP contribution in [0.25, 0.3) is 0 Å². The van der Waals surface area contributed by atoms with Crippen molar-refractivity contribution in [1.29, 1.82) is 0 Å². The molecule has 3 fully saturated rings. The molecule has 2 aliphatic heterocycles. The van der Waals surface area contributed by atoms with Crippen molar-refractivity contribution in [2.75, 3.05) is 16.9 Å². The number of para-hydroxylation sites is 1. The number of hydrogen-bond acceptors (Lipinski definition) is 6. The van der Waals surface area contributed by atoms with Crippen LogP contribution in [-0.4, -0.2) is 35.8 Å². The Hall–Kier alpha value is -3.76. The SMILES string of the molecule is COc1cc([C@H]2C3=CC[C@@H]4C(=O)N(c5ccc(Br)cc5)C(=O)[C@@H]4[C@@H]3C[C@H]3C(=O)N(c4ccccc4)C(=O)[C@@]23C)cc(Br)c1O. The summed E-state index contributed by atoms with van der Waals surface area (Å²) in [4.78, 5) is 59.2. The quantitative estimate of drug-likeness (QED) is 0.249. The Morgan fingerprint density at radius 1 is 0.864 bits per heavy atom. The number of hydrogen-bond donors (Lipinski definition) is 1. The molecule has 3 aromatic rings. The van der Waals surface area contributed by atoms with Crippen molar-refractivity contribution in [2.45, 2.75) is 25.7 Å². The maximum absolute atomic E-state index is 14.5. The Morgan fingerprint density at radius 3 is 2.23 bits per heavy atom. The van der Waals surface area contributed by atoms with E-state index in [1.165, 1.54) is 16.9 Å². The Labute approximate surface area is 270 Å². The summed E-state index contributed by atoms with van der Waals surface area (Å²) in [6, 6.07) is 19.4. The standard InChI is InChI=1S/C34H28Br2N2O6/c1-34-24(31(41)38(33(34)43)19-6-4-3-5-7-19)16-23-21(28(34)17-14-25(36)29(39)26(15-17)44-2)12-13-22-27(23)32(42)37(30(22)40)20-10-8-18(35)9-11-20/h3-12,14-15,22-24,27-28,39H,13,16H2,1-2H3/t22-,23+,24-,27-,28-,34+/m0/s1. The maximum Gasteiger partial charge on any atom is 0.241 e. The summed E-state index contributed by atoms with van der Waals surface area (Å²) in [7, 11) is 1.45. The minimum atomic E-state index is -1.19. The number of nitrogens with zero attached hydrogens (tertiary/aromatic N) is 2. The van der Waals surface area contributed by atoms with Crippen LogP contribution in [0, 0.1) is 29.1 Å². The summed E-state index contributed by atoms with van der Waals surface area (Å²) in [5.41, 5.74) is 1.33. The van der Waals surface area contributed by atoms with Crippen molar-refractivity contribution in [3.05, 3.63) is 92.9 Å². The van der Waals surface area contributed by atoms with Crippen molar-refractivity contribution in [3.63, 3.8) is 0 Å². The first-order chi connectivity index (χ1) is 21.1. The third kappa shape index (κ3) is 3.99. The van der Waals surface area contributed by atoms with Crippen LogP contribution in [0.2, 0.25) is 0 Å². The molecule has 2 aliphatic carbocycles. The van der Waals surface area contributed by atoms with E-state index >= 15 is 0 Å². The fraction of sp³-hybridized carbons (Fsp3) is 0.294. The highest BCUT2D eigenvalue weighted by Crippen LogP contribution is 2.64. The average Bonchev–Trinajstić information content (AvgIpc) is 3.39. The smallest absolute Gasteiger partial charge is 0.241 e. The van der Waals surface area contributed by atoms with Crippen LogP contribution in [0.4, 0.5) is 11.4 Å². The summed E-state index contributed by atoms with van der Waals surface area (Å²) in [6.45, 7) is 1.83. The second-order valence-corrected chi connectivity index (χ2v) is 13.8. The van der Waals surface area contributed by atoms with Gasteiger partial charge >= 0.3 is 0 Å². The number of halogens is 2. The largest absolute Gasteiger partial charge is 0.503 e. The normalized spacial score (nSPS) is 29.4. The Morgan fingerprint density at radius 2 is 1.55 bits per heavy atom. The molecule has 2 heterocycles. The molecule has 224 valence electrons. The predicted molar refractivity (Wildman–Crippen MR) is 170 cm³/mol. The van der Waals surface area contributed by atoms with Crippen LogP contribution in [0.5, 0.6) is 11.5 Å². The lowest BCUT2D eigenvalue weighted by Gasteiger charge is -2.49. The molecule has 0 radical (unpaired) electrons. The number of aromatic hydroxyl groups is 1. The molecule has 6 atom stereocenters. The number of imide groups is 2. The zero-order valence-corrected chi connectivity index (χ0v) is 27.0. The van der Waals surface area contributed by atoms with Crippen LogP contribution in [0.15, 0.2) is 87.3 Å². The number of phenolic OH excluding ortho intramolecular Hbond substituents is 1. The minimum absolute atomic E-state index is 0.0792. The van der Waals surface area contributed by atoms with Crippen LogP contribution >= 0.6 is 31.9 Å². The third-order valence-electron chi connectivity index (χ3n) is 9.98. The molecule has 4 aliphatic rings. The van der Waals surface area contributed by atoms with Crippen LogP contribution in [0.3, 0.4) is 0 Å². The van der Waals surface area contributed by atoms with Crippen LogP contribution < -0.4 is 14.5 Å². The lowest BCUT2D eigenvalue weighted by atomic mass is 9.51. The third-order valence-corrected chi connectivity index (χ3v) is 11.1. The van der Waals surface area contributed by atoms with E-state index in [-0.39, 0.29) is 41.5 Å². The van der Waals surface area contributed by atoms with E-state index in [0.717, 1.165) is 10.0 Å². The zero-order chi connectivity index (χ0) is 31.1. The predicted octanol–water partition coefficient (Wildman–Crippen LogP) is 6.36. The Bertz CT molecular complexity index is 1770. The second-order valence-electron chi connectivity index (χ2n) is 12.0. The van der Waals surface area contributed by atoms with Gasteiger partial charge in [0.05, 0.1) is 46.1 Å². The summed E-state index contributed by atoms with van der Waals surface area (Å²) in [5, 5.41) is 10.6. The van der Waals surface area contributed by atoms with Gasteiger partial charge in [0.25, 0.3) is 0 Å². The number of ether oxygens (including phenoxy) is 1. The van der Waals surface area contributed by atoms with Gasteiger partial charge in [0.15, 0.2) is 11.5 Å². The number of rotatable bonds is 4. The fourth-order valence-corrected chi connectivity index (χ4v) is 8.70. The molecule has 44 heavy (non-hydrogen) atoms. The van der Waals surface area contributed by atoms with Gasteiger partial charge in [-0.1, -0.05) is 45.8 Å². The molecule has 0 aromatic heterocycles. The monoisotopic (exact) mass is 718 g/mol. The highest BCUT2D eigenvalue weighted by molar-refractivity contribution is 9.10. The van der Waals surface area contributed by atoms with Crippen molar-refractivity contribution < 1.29 is 29.0 Å². The lowest BCUT2D eigenvalue weighted by molar-refractivity contribution is -0.131. The molecule has 1 N–H and O–H groups in total. The second kappa shape index (κ2) is 10.4. The molecule has 4 amide bonds. The molecule has 3 aromatic carbocycles. The summed E-state index contributed by atoms with van der Waals surface area (Å²) in [5.74, 6) is -4.09. The Kier molecular flexibility index (Phi) is 6.86. The molecule has 0 bridgehead atoms. The van der Waals surface area contributed by atoms with E-state index in [1.54, 1.807) is 60.7 Å². The van der Waals surface area contributed by atoms with E-state index in [4.69, 9.17) is 4.74 Å². The van der Waals surface area contributed by atoms with E-state index < -0.39 is 35.0 Å². The average molecular weight is 720 g/mol. The number of carbonyl (C=O) groups is 4. The van der Waals surface area contributed by atoms with Crippen molar-refractivity contribution in [3.8, 4) is 11.5 Å². The number of amides is 4. The molecular weight excluding hydrogens is 692 g/mol. The number of anilines is 2. The number of carbonyl (C=O) groups excluding carboxylic acids is 4. The molecule has 0 spiro atoms. The summed E-state index contributed by atoms with van der Waals surface area (Å²) in [6.07, 6.45) is 2.61. The minimum Gasteiger partial charge on any atom is -0.503 e. The highest BCUT2D eigenvalue weighted by atomic mass is 79.9. The van der Waals surface area contributed by atoms with Gasteiger partial charge in [0.2, 0.25) is 23.6 Å². The highest BCUT2D eigenvalue weighted by Gasteiger charge is 2.67. The van der Waals surface area contributed by atoms with Crippen molar-refractivity contribution >= 4 is 66.9 Å². The van der Waals surface area contributed by atoms with Gasteiger partial charge in [-0.2, -0.15) is 0 Å². The summed E-state index contributed by atoms with van der Waals surface area (Å²) < 4.78 is 6.69. The fourth-order valence-electron chi connectivity index (χ4n) is 7.98. The zero-order valence-electron chi connectivity index (χ0n) is 23.9. The lowest BCUT2D eigenvalue weighted by Crippen LogP contribution is -2.48. The van der Waals surface area contributed by atoms with E-state index in [0.29, 0.717) is 27.8 Å². The molecule has 7 rings (SSSR count). The topological polar surface area (TPSA) is 104 Å². The molecule has 8 nitrogen and oxygen atoms in total. The number of methoxy groups -OCH3 is 1. The number of phenols is 1. The Balaban J connectivity index is 1.39. The van der Waals surface area contributed by atoms with Crippen LogP contribution in [0.1, 0.15) is 31.2 Å². The maximum atomic E-state index is 14.5. The molecule has 0 unspecified atom stereocenters. The number of fused-ring (bicyclic) bond motifs is 4. The molecule has 1 saturated carbocycles. The summed E-state index contributed by atoms with van der Waals surface area (Å²) >= 11 is 6.85. The van der Waals surface area contributed by atoms with E-state index in [1.807, 2.05) is 19.1 Å². The molecular formula is C34H28Br2N2O6. The number of allylic oxidation sites excluding steroid dienone is 2. The van der Waals surface area contributed by atoms with Gasteiger partial charge in [0.1, 0.15) is 0 Å². The molecule has 10 heteroatoms. The number of benzene rings is 3. The van der Waals surface area contributed by atoms with Gasteiger partial charge in [-0.25, -0.2) is 4.90 Å². The van der Waals surface area contributed by atoms with Gasteiger partial charge < -0.3 is 9.84 Å². The first-order valence-electron chi connectivity index (χ1n) is 14.4. The van der Waals surface area contributed by atoms with Crippen molar-refractivity contribution in [1.82, 2.24) is 0 Å². The van der Waals surface area contributed by atoms with E-state index in [2.05, 4.69) is 31.9 Å². The van der Waals surface area contributed by atoms with Gasteiger partial charge in [-0.05, 0) is 95.7 Å². The van der Waals surface area contributed by atoms with Gasteiger partial charge in [-0.3, -0.25) is 24.1 Å². The van der Waals surface area contributed by atoms with Crippen LogP contribution in [-0.2, 0) is 19.2 Å². The molecule has 2 saturated heterocycles. The van der Waals surface area contributed by atoms with Gasteiger partial charge in [-0.15, -0.1) is 0 Å². The van der Waals surface area contributed by atoms with Gasteiger partial charge in [0, 0.05) is 10.4 Å². The first kappa shape index (κ1) is 29.0. The first-order valence-corrected chi connectivity index (χ1v) is 16.0.